The molecule has 0 spiro atoms. The summed E-state index contributed by atoms with van der Waals surface area (Å²) in [4.78, 5) is 11.9. The van der Waals surface area contributed by atoms with Crippen LogP contribution in [0.25, 0.3) is 0 Å². The first kappa shape index (κ1) is 16.9. The Balaban J connectivity index is 2.74. The molecule has 0 aliphatic rings. The number of ether oxygens (including phenoxy) is 2. The SMILES string of the molecule is CCCCC#C[C@H](Nc1ccc(OC)cc1)C(=O)OCC. The summed E-state index contributed by atoms with van der Waals surface area (Å²) in [5, 5.41) is 3.09. The first-order chi connectivity index (χ1) is 10.2. The lowest BCUT2D eigenvalue weighted by Gasteiger charge is -2.13. The molecule has 0 radical (unpaired) electrons. The van der Waals surface area contributed by atoms with Crippen LogP contribution in [-0.2, 0) is 9.53 Å². The van der Waals surface area contributed by atoms with Gasteiger partial charge in [-0.25, -0.2) is 4.79 Å². The number of methoxy groups -OCH3 is 1. The van der Waals surface area contributed by atoms with E-state index in [4.69, 9.17) is 9.47 Å². The molecule has 0 unspecified atom stereocenters. The first-order valence-corrected chi connectivity index (χ1v) is 7.26. The van der Waals surface area contributed by atoms with Crippen LogP contribution in [0.3, 0.4) is 0 Å². The highest BCUT2D eigenvalue weighted by molar-refractivity contribution is 5.83. The smallest absolute Gasteiger partial charge is 0.341 e. The fourth-order valence-corrected chi connectivity index (χ4v) is 1.67. The van der Waals surface area contributed by atoms with Gasteiger partial charge in [0.2, 0.25) is 0 Å². The zero-order valence-corrected chi connectivity index (χ0v) is 12.9. The van der Waals surface area contributed by atoms with Gasteiger partial charge in [0.05, 0.1) is 13.7 Å². The summed E-state index contributed by atoms with van der Waals surface area (Å²) in [5.74, 6) is 6.40. The van der Waals surface area contributed by atoms with Gasteiger partial charge in [0.25, 0.3) is 0 Å². The number of rotatable bonds is 7. The summed E-state index contributed by atoms with van der Waals surface area (Å²) in [5.41, 5.74) is 0.804. The molecule has 0 bridgehead atoms. The van der Waals surface area contributed by atoms with Gasteiger partial charge in [-0.05, 0) is 37.6 Å². The van der Waals surface area contributed by atoms with Crippen molar-refractivity contribution in [1.82, 2.24) is 0 Å². The standard InChI is InChI=1S/C17H23NO3/c1-4-6-7-8-9-16(17(19)21-5-2)18-14-10-12-15(20-3)13-11-14/h10-13,16,18H,4-7H2,1-3H3/t16-/m0/s1. The third kappa shape index (κ3) is 6.22. The highest BCUT2D eigenvalue weighted by Crippen LogP contribution is 2.16. The quantitative estimate of drug-likeness (QED) is 0.475. The summed E-state index contributed by atoms with van der Waals surface area (Å²) < 4.78 is 10.2. The number of hydrogen-bond acceptors (Lipinski definition) is 4. The van der Waals surface area contributed by atoms with E-state index in [1.807, 2.05) is 24.3 Å². The van der Waals surface area contributed by atoms with E-state index in [1.165, 1.54) is 0 Å². The molecule has 1 atom stereocenters. The molecule has 1 aromatic rings. The fourth-order valence-electron chi connectivity index (χ4n) is 1.67. The molecule has 114 valence electrons. The molecule has 1 N–H and O–H groups in total. The Morgan fingerprint density at radius 2 is 2.00 bits per heavy atom. The zero-order valence-electron chi connectivity index (χ0n) is 12.9. The Hall–Kier alpha value is -2.15. The second kappa shape index (κ2) is 9.71. The van der Waals surface area contributed by atoms with Crippen LogP contribution in [0.5, 0.6) is 5.75 Å². The molecule has 1 rings (SSSR count). The van der Waals surface area contributed by atoms with E-state index in [0.29, 0.717) is 6.61 Å². The molecule has 0 aliphatic heterocycles. The van der Waals surface area contributed by atoms with Crippen molar-refractivity contribution in [1.29, 1.82) is 0 Å². The Bertz CT molecular complexity index is 485. The van der Waals surface area contributed by atoms with Gasteiger partial charge in [0, 0.05) is 12.1 Å². The largest absolute Gasteiger partial charge is 0.497 e. The van der Waals surface area contributed by atoms with Crippen molar-refractivity contribution in [2.45, 2.75) is 39.2 Å². The number of carbonyl (C=O) groups excluding carboxylic acids is 1. The summed E-state index contributed by atoms with van der Waals surface area (Å²) >= 11 is 0. The van der Waals surface area contributed by atoms with E-state index in [-0.39, 0.29) is 5.97 Å². The average Bonchev–Trinajstić information content (AvgIpc) is 2.51. The third-order valence-corrected chi connectivity index (χ3v) is 2.83. The number of anilines is 1. The molecule has 0 saturated heterocycles. The topological polar surface area (TPSA) is 47.6 Å². The van der Waals surface area contributed by atoms with E-state index < -0.39 is 6.04 Å². The number of hydrogen-bond donors (Lipinski definition) is 1. The molecule has 4 heteroatoms. The van der Waals surface area contributed by atoms with Gasteiger partial charge in [-0.15, -0.1) is 5.92 Å². The van der Waals surface area contributed by atoms with Crippen LogP contribution < -0.4 is 10.1 Å². The predicted molar refractivity (Wildman–Crippen MR) is 84.3 cm³/mol. The van der Waals surface area contributed by atoms with E-state index in [1.54, 1.807) is 14.0 Å². The van der Waals surface area contributed by atoms with Crippen LogP contribution in [0, 0.1) is 11.8 Å². The minimum absolute atomic E-state index is 0.344. The molecule has 1 aromatic carbocycles. The second-order valence-corrected chi connectivity index (χ2v) is 4.48. The Morgan fingerprint density at radius 1 is 1.29 bits per heavy atom. The van der Waals surface area contributed by atoms with E-state index >= 15 is 0 Å². The molecule has 4 nitrogen and oxygen atoms in total. The number of nitrogens with one attached hydrogen (secondary N) is 1. The normalized spacial score (nSPS) is 11.0. The van der Waals surface area contributed by atoms with Crippen molar-refractivity contribution in [3.8, 4) is 17.6 Å². The second-order valence-electron chi connectivity index (χ2n) is 4.48. The molecule has 21 heavy (non-hydrogen) atoms. The van der Waals surface area contributed by atoms with E-state index in [2.05, 4.69) is 24.1 Å². The summed E-state index contributed by atoms with van der Waals surface area (Å²) in [6.45, 7) is 4.24. The Morgan fingerprint density at radius 3 is 2.57 bits per heavy atom. The van der Waals surface area contributed by atoms with Crippen molar-refractivity contribution < 1.29 is 14.3 Å². The molecule has 0 amide bonds. The van der Waals surface area contributed by atoms with Crippen molar-refractivity contribution in [3.05, 3.63) is 24.3 Å². The van der Waals surface area contributed by atoms with Gasteiger partial charge in [-0.3, -0.25) is 0 Å². The van der Waals surface area contributed by atoms with Crippen molar-refractivity contribution in [3.63, 3.8) is 0 Å². The number of esters is 1. The zero-order chi connectivity index (χ0) is 15.5. The highest BCUT2D eigenvalue weighted by atomic mass is 16.5. The van der Waals surface area contributed by atoms with Crippen LogP contribution in [0.15, 0.2) is 24.3 Å². The van der Waals surface area contributed by atoms with Crippen LogP contribution in [-0.4, -0.2) is 25.7 Å². The summed E-state index contributed by atoms with van der Waals surface area (Å²) in [6, 6.07) is 6.71. The average molecular weight is 289 g/mol. The molecule has 0 aliphatic carbocycles. The van der Waals surface area contributed by atoms with Crippen molar-refractivity contribution in [2.75, 3.05) is 19.0 Å². The highest BCUT2D eigenvalue weighted by Gasteiger charge is 2.16. The lowest BCUT2D eigenvalue weighted by molar-refractivity contribution is -0.142. The Labute approximate surface area is 126 Å². The fraction of sp³-hybridized carbons (Fsp3) is 0.471. The van der Waals surface area contributed by atoms with Gasteiger partial charge >= 0.3 is 5.97 Å². The van der Waals surface area contributed by atoms with Crippen LogP contribution in [0.1, 0.15) is 33.1 Å². The summed E-state index contributed by atoms with van der Waals surface area (Å²) in [7, 11) is 1.61. The lowest BCUT2D eigenvalue weighted by atomic mass is 10.2. The van der Waals surface area contributed by atoms with Crippen LogP contribution in [0.4, 0.5) is 5.69 Å². The van der Waals surface area contributed by atoms with Crippen LogP contribution >= 0.6 is 0 Å². The van der Waals surface area contributed by atoms with E-state index in [0.717, 1.165) is 30.7 Å². The molecule has 0 heterocycles. The maximum atomic E-state index is 11.9. The molecular formula is C17H23NO3. The number of benzene rings is 1. The lowest BCUT2D eigenvalue weighted by Crippen LogP contribution is -2.30. The summed E-state index contributed by atoms with van der Waals surface area (Å²) in [6.07, 6.45) is 2.91. The number of carbonyl (C=O) groups is 1. The van der Waals surface area contributed by atoms with Gasteiger partial charge < -0.3 is 14.8 Å². The van der Waals surface area contributed by atoms with Crippen molar-refractivity contribution >= 4 is 11.7 Å². The monoisotopic (exact) mass is 289 g/mol. The number of unbranched alkanes of at least 4 members (excludes halogenated alkanes) is 2. The first-order valence-electron chi connectivity index (χ1n) is 7.26. The minimum atomic E-state index is -0.643. The molecule has 0 fully saturated rings. The van der Waals surface area contributed by atoms with Gasteiger partial charge in [-0.2, -0.15) is 0 Å². The third-order valence-electron chi connectivity index (χ3n) is 2.83. The van der Waals surface area contributed by atoms with E-state index in [9.17, 15) is 4.79 Å². The van der Waals surface area contributed by atoms with Gasteiger partial charge in [0.15, 0.2) is 6.04 Å². The van der Waals surface area contributed by atoms with Crippen LogP contribution in [0.2, 0.25) is 0 Å². The molecule has 0 aromatic heterocycles. The minimum Gasteiger partial charge on any atom is -0.497 e. The molecular weight excluding hydrogens is 266 g/mol. The maximum absolute atomic E-state index is 11.9. The maximum Gasteiger partial charge on any atom is 0.341 e. The van der Waals surface area contributed by atoms with Gasteiger partial charge in [-0.1, -0.05) is 19.3 Å². The predicted octanol–water partition coefficient (Wildman–Crippen LogP) is 3.23. The van der Waals surface area contributed by atoms with Crippen molar-refractivity contribution in [2.24, 2.45) is 0 Å². The Kier molecular flexibility index (Phi) is 7.81. The van der Waals surface area contributed by atoms with Gasteiger partial charge in [0.1, 0.15) is 5.75 Å². The molecule has 0 saturated carbocycles.